The molecule has 2 amide bonds. The summed E-state index contributed by atoms with van der Waals surface area (Å²) in [6, 6.07) is -0.472. The standard InChI is InChI=1S/C10H20N4O2/c1-8(15)13-9(2-3-11)10(16)14-6-4-12-5-7-14/h9,12H,2-7,11H2,1H3,(H,13,15)/t9-/m1/s1. The maximum Gasteiger partial charge on any atom is 0.245 e. The largest absolute Gasteiger partial charge is 0.344 e. The fourth-order valence-corrected chi connectivity index (χ4v) is 1.78. The van der Waals surface area contributed by atoms with E-state index in [9.17, 15) is 9.59 Å². The zero-order valence-corrected chi connectivity index (χ0v) is 9.66. The molecule has 1 fully saturated rings. The lowest BCUT2D eigenvalue weighted by atomic mass is 10.1. The van der Waals surface area contributed by atoms with Crippen molar-refractivity contribution < 1.29 is 9.59 Å². The maximum absolute atomic E-state index is 12.1. The fourth-order valence-electron chi connectivity index (χ4n) is 1.78. The second-order valence-corrected chi connectivity index (χ2v) is 3.91. The van der Waals surface area contributed by atoms with Crippen molar-refractivity contribution in [3.8, 4) is 0 Å². The van der Waals surface area contributed by atoms with Crippen LogP contribution in [0.15, 0.2) is 0 Å². The molecule has 4 N–H and O–H groups in total. The number of amides is 2. The van der Waals surface area contributed by atoms with Crippen molar-refractivity contribution in [2.75, 3.05) is 32.7 Å². The third kappa shape index (κ3) is 3.79. The highest BCUT2D eigenvalue weighted by Gasteiger charge is 2.25. The van der Waals surface area contributed by atoms with E-state index < -0.39 is 6.04 Å². The zero-order valence-electron chi connectivity index (χ0n) is 9.66. The highest BCUT2D eigenvalue weighted by atomic mass is 16.2. The Bertz CT molecular complexity index is 251. The number of nitrogens with two attached hydrogens (primary N) is 1. The monoisotopic (exact) mass is 228 g/mol. The van der Waals surface area contributed by atoms with Crippen molar-refractivity contribution in [1.29, 1.82) is 0 Å². The summed E-state index contributed by atoms with van der Waals surface area (Å²) >= 11 is 0. The van der Waals surface area contributed by atoms with E-state index in [-0.39, 0.29) is 11.8 Å². The van der Waals surface area contributed by atoms with Crippen LogP contribution in [0.2, 0.25) is 0 Å². The van der Waals surface area contributed by atoms with Gasteiger partial charge in [0, 0.05) is 33.1 Å². The molecule has 6 heteroatoms. The van der Waals surface area contributed by atoms with Gasteiger partial charge in [0.1, 0.15) is 6.04 Å². The number of carbonyl (C=O) groups is 2. The minimum Gasteiger partial charge on any atom is -0.344 e. The Morgan fingerprint density at radius 2 is 2.06 bits per heavy atom. The van der Waals surface area contributed by atoms with E-state index >= 15 is 0 Å². The van der Waals surface area contributed by atoms with Crippen molar-refractivity contribution in [2.45, 2.75) is 19.4 Å². The molecule has 92 valence electrons. The molecule has 0 aromatic rings. The zero-order chi connectivity index (χ0) is 12.0. The van der Waals surface area contributed by atoms with E-state index in [1.54, 1.807) is 4.90 Å². The fraction of sp³-hybridized carbons (Fsp3) is 0.800. The van der Waals surface area contributed by atoms with E-state index in [0.29, 0.717) is 26.1 Å². The number of hydrogen-bond donors (Lipinski definition) is 3. The first kappa shape index (κ1) is 12.9. The molecule has 0 aliphatic carbocycles. The average molecular weight is 228 g/mol. The summed E-state index contributed by atoms with van der Waals surface area (Å²) in [5.74, 6) is -0.218. The molecule has 0 aromatic heterocycles. The molecule has 1 aliphatic heterocycles. The van der Waals surface area contributed by atoms with Gasteiger partial charge in [-0.3, -0.25) is 9.59 Å². The normalized spacial score (nSPS) is 18.0. The van der Waals surface area contributed by atoms with Gasteiger partial charge >= 0.3 is 0 Å². The van der Waals surface area contributed by atoms with Gasteiger partial charge in [0.05, 0.1) is 0 Å². The number of carbonyl (C=O) groups excluding carboxylic acids is 2. The average Bonchev–Trinajstić information content (AvgIpc) is 2.28. The first-order valence-electron chi connectivity index (χ1n) is 5.62. The van der Waals surface area contributed by atoms with Gasteiger partial charge in [0.2, 0.25) is 11.8 Å². The van der Waals surface area contributed by atoms with Crippen molar-refractivity contribution in [3.63, 3.8) is 0 Å². The Hall–Kier alpha value is -1.14. The van der Waals surface area contributed by atoms with E-state index in [0.717, 1.165) is 13.1 Å². The van der Waals surface area contributed by atoms with Crippen molar-refractivity contribution >= 4 is 11.8 Å². The van der Waals surface area contributed by atoms with E-state index in [1.807, 2.05) is 0 Å². The van der Waals surface area contributed by atoms with Crippen LogP contribution in [-0.4, -0.2) is 55.5 Å². The lowest BCUT2D eigenvalue weighted by Gasteiger charge is -2.31. The van der Waals surface area contributed by atoms with Crippen LogP contribution in [0.3, 0.4) is 0 Å². The molecule has 1 rings (SSSR count). The van der Waals surface area contributed by atoms with Gasteiger partial charge in [-0.2, -0.15) is 0 Å². The molecule has 1 heterocycles. The summed E-state index contributed by atoms with van der Waals surface area (Å²) in [5, 5.41) is 5.82. The number of nitrogens with one attached hydrogen (secondary N) is 2. The quantitative estimate of drug-likeness (QED) is 0.534. The molecule has 0 spiro atoms. The lowest BCUT2D eigenvalue weighted by molar-refractivity contribution is -0.136. The molecular weight excluding hydrogens is 208 g/mol. The van der Waals surface area contributed by atoms with Gasteiger partial charge in [-0.1, -0.05) is 0 Å². The molecule has 1 aliphatic rings. The predicted octanol–water partition coefficient (Wildman–Crippen LogP) is -1.73. The molecule has 1 saturated heterocycles. The number of hydrogen-bond acceptors (Lipinski definition) is 4. The van der Waals surface area contributed by atoms with Crippen LogP contribution in [0, 0.1) is 0 Å². The molecule has 0 saturated carbocycles. The summed E-state index contributed by atoms with van der Waals surface area (Å²) in [7, 11) is 0. The van der Waals surface area contributed by atoms with Crippen molar-refractivity contribution in [2.24, 2.45) is 5.73 Å². The Morgan fingerprint density at radius 1 is 1.44 bits per heavy atom. The second-order valence-electron chi connectivity index (χ2n) is 3.91. The second kappa shape index (κ2) is 6.44. The van der Waals surface area contributed by atoms with Crippen LogP contribution in [0.25, 0.3) is 0 Å². The van der Waals surface area contributed by atoms with Crippen LogP contribution >= 0.6 is 0 Å². The molecule has 1 atom stereocenters. The van der Waals surface area contributed by atoms with Crippen LogP contribution < -0.4 is 16.4 Å². The van der Waals surface area contributed by atoms with Crippen molar-refractivity contribution in [3.05, 3.63) is 0 Å². The molecule has 0 aromatic carbocycles. The lowest BCUT2D eigenvalue weighted by Crippen LogP contribution is -2.54. The summed E-state index contributed by atoms with van der Waals surface area (Å²) in [4.78, 5) is 24.8. The van der Waals surface area contributed by atoms with Gasteiger partial charge in [0.15, 0.2) is 0 Å². The Morgan fingerprint density at radius 3 is 2.56 bits per heavy atom. The van der Waals surface area contributed by atoms with Crippen LogP contribution in [0.1, 0.15) is 13.3 Å². The molecule has 6 nitrogen and oxygen atoms in total. The van der Waals surface area contributed by atoms with Crippen molar-refractivity contribution in [1.82, 2.24) is 15.5 Å². The summed E-state index contributed by atoms with van der Waals surface area (Å²) in [5.41, 5.74) is 5.44. The number of piperazine rings is 1. The third-order valence-electron chi connectivity index (χ3n) is 2.56. The van der Waals surface area contributed by atoms with Gasteiger partial charge in [0.25, 0.3) is 0 Å². The van der Waals surface area contributed by atoms with E-state index in [2.05, 4.69) is 10.6 Å². The SMILES string of the molecule is CC(=O)N[C@H](CCN)C(=O)N1CCNCC1. The first-order chi connectivity index (χ1) is 7.65. The molecular formula is C10H20N4O2. The summed E-state index contributed by atoms with van der Waals surface area (Å²) in [6.45, 7) is 4.80. The maximum atomic E-state index is 12.1. The Labute approximate surface area is 95.5 Å². The predicted molar refractivity (Wildman–Crippen MR) is 60.7 cm³/mol. The molecule has 0 radical (unpaired) electrons. The molecule has 0 bridgehead atoms. The van der Waals surface area contributed by atoms with Crippen LogP contribution in [-0.2, 0) is 9.59 Å². The number of rotatable bonds is 4. The minimum absolute atomic E-state index is 0.0258. The topological polar surface area (TPSA) is 87.5 Å². The van der Waals surface area contributed by atoms with Crippen LogP contribution in [0.4, 0.5) is 0 Å². The highest BCUT2D eigenvalue weighted by molar-refractivity contribution is 5.86. The van der Waals surface area contributed by atoms with E-state index in [4.69, 9.17) is 5.73 Å². The summed E-state index contributed by atoms with van der Waals surface area (Å²) in [6.07, 6.45) is 0.488. The summed E-state index contributed by atoms with van der Waals surface area (Å²) < 4.78 is 0. The van der Waals surface area contributed by atoms with E-state index in [1.165, 1.54) is 6.92 Å². The van der Waals surface area contributed by atoms with Gasteiger partial charge in [-0.15, -0.1) is 0 Å². The smallest absolute Gasteiger partial charge is 0.245 e. The minimum atomic E-state index is -0.472. The molecule has 0 unspecified atom stereocenters. The Balaban J connectivity index is 2.54. The Kier molecular flexibility index (Phi) is 5.21. The highest BCUT2D eigenvalue weighted by Crippen LogP contribution is 2.01. The third-order valence-corrected chi connectivity index (χ3v) is 2.56. The number of nitrogens with zero attached hydrogens (tertiary/aromatic N) is 1. The molecule has 16 heavy (non-hydrogen) atoms. The van der Waals surface area contributed by atoms with Gasteiger partial charge in [-0.05, 0) is 13.0 Å². The van der Waals surface area contributed by atoms with Crippen LogP contribution in [0.5, 0.6) is 0 Å². The van der Waals surface area contributed by atoms with Gasteiger partial charge in [-0.25, -0.2) is 0 Å². The van der Waals surface area contributed by atoms with Gasteiger partial charge < -0.3 is 21.3 Å². The first-order valence-corrected chi connectivity index (χ1v) is 5.62.